The Morgan fingerprint density at radius 2 is 2.24 bits per heavy atom. The van der Waals surface area contributed by atoms with Gasteiger partial charge < -0.3 is 15.2 Å². The van der Waals surface area contributed by atoms with Gasteiger partial charge in [0.2, 0.25) is 5.91 Å². The van der Waals surface area contributed by atoms with Gasteiger partial charge >= 0.3 is 5.97 Å². The third kappa shape index (κ3) is 4.60. The van der Waals surface area contributed by atoms with E-state index in [1.807, 2.05) is 6.92 Å². The number of rotatable bonds is 6. The van der Waals surface area contributed by atoms with E-state index >= 15 is 0 Å². The highest BCUT2D eigenvalue weighted by atomic mass is 16.5. The summed E-state index contributed by atoms with van der Waals surface area (Å²) in [5.41, 5.74) is -0.104. The van der Waals surface area contributed by atoms with Gasteiger partial charge in [-0.3, -0.25) is 4.79 Å². The highest BCUT2D eigenvalue weighted by Crippen LogP contribution is 2.05. The average Bonchev–Trinajstić information content (AvgIpc) is 2.29. The molecule has 0 fully saturated rings. The van der Waals surface area contributed by atoms with Crippen LogP contribution in [0.15, 0.2) is 18.2 Å². The Morgan fingerprint density at radius 3 is 2.88 bits per heavy atom. The lowest BCUT2D eigenvalue weighted by atomic mass is 10.3. The molecule has 0 saturated carbocycles. The van der Waals surface area contributed by atoms with E-state index in [1.54, 1.807) is 0 Å². The molecule has 1 heterocycles. The Labute approximate surface area is 98.6 Å². The molecule has 0 unspecified atom stereocenters. The fourth-order valence-corrected chi connectivity index (χ4v) is 1.14. The molecule has 0 bridgehead atoms. The van der Waals surface area contributed by atoms with Crippen LogP contribution in [0.1, 0.15) is 23.8 Å². The average molecular weight is 238 g/mol. The van der Waals surface area contributed by atoms with Gasteiger partial charge in [-0.1, -0.05) is 6.07 Å². The number of aromatic nitrogens is 1. The molecule has 1 amide bonds. The number of nitrogens with one attached hydrogen (secondary N) is 1. The van der Waals surface area contributed by atoms with Crippen molar-refractivity contribution in [3.8, 4) is 0 Å². The van der Waals surface area contributed by atoms with Crippen molar-refractivity contribution < 1.29 is 19.4 Å². The third-order valence-electron chi connectivity index (χ3n) is 1.91. The van der Waals surface area contributed by atoms with Crippen molar-refractivity contribution in [1.82, 2.24) is 4.98 Å². The number of anilines is 1. The van der Waals surface area contributed by atoms with Gasteiger partial charge in [-0.2, -0.15) is 0 Å². The van der Waals surface area contributed by atoms with Crippen LogP contribution >= 0.6 is 0 Å². The van der Waals surface area contributed by atoms with E-state index in [-0.39, 0.29) is 23.8 Å². The molecule has 2 N–H and O–H groups in total. The minimum atomic E-state index is -1.13. The van der Waals surface area contributed by atoms with E-state index < -0.39 is 5.97 Å². The number of carboxylic acid groups (broad SMARTS) is 1. The number of aromatic carboxylic acids is 1. The van der Waals surface area contributed by atoms with Crippen molar-refractivity contribution in [1.29, 1.82) is 0 Å². The number of amides is 1. The summed E-state index contributed by atoms with van der Waals surface area (Å²) in [6.07, 6.45) is 0.215. The first-order chi connectivity index (χ1) is 8.13. The summed E-state index contributed by atoms with van der Waals surface area (Å²) in [4.78, 5) is 25.8. The van der Waals surface area contributed by atoms with Crippen molar-refractivity contribution >= 4 is 17.7 Å². The lowest BCUT2D eigenvalue weighted by Crippen LogP contribution is -2.15. The zero-order valence-corrected chi connectivity index (χ0v) is 9.47. The third-order valence-corrected chi connectivity index (χ3v) is 1.91. The molecule has 0 aliphatic carbocycles. The minimum absolute atomic E-state index is 0.104. The van der Waals surface area contributed by atoms with Crippen LogP contribution in [0.25, 0.3) is 0 Å². The predicted molar refractivity (Wildman–Crippen MR) is 60.9 cm³/mol. The van der Waals surface area contributed by atoms with E-state index in [4.69, 9.17) is 9.84 Å². The number of ether oxygens (including phenoxy) is 1. The van der Waals surface area contributed by atoms with Gasteiger partial charge in [0.25, 0.3) is 0 Å². The Bertz CT molecular complexity index is 406. The molecule has 0 atom stereocenters. The summed E-state index contributed by atoms with van der Waals surface area (Å²) < 4.78 is 5.03. The lowest BCUT2D eigenvalue weighted by Gasteiger charge is -2.05. The van der Waals surface area contributed by atoms with Crippen LogP contribution in [0.3, 0.4) is 0 Å². The van der Waals surface area contributed by atoms with E-state index in [1.165, 1.54) is 18.2 Å². The number of carbonyl (C=O) groups excluding carboxylic acids is 1. The molecule has 0 aliphatic heterocycles. The molecule has 6 heteroatoms. The molecular formula is C11H14N2O4. The number of carbonyl (C=O) groups is 2. The zero-order valence-electron chi connectivity index (χ0n) is 9.47. The van der Waals surface area contributed by atoms with Crippen molar-refractivity contribution in [2.24, 2.45) is 0 Å². The highest BCUT2D eigenvalue weighted by molar-refractivity contribution is 5.91. The molecule has 0 spiro atoms. The fourth-order valence-electron chi connectivity index (χ4n) is 1.14. The molecule has 0 aromatic carbocycles. The molecule has 1 aromatic heterocycles. The second-order valence-electron chi connectivity index (χ2n) is 3.21. The van der Waals surface area contributed by atoms with Crippen LogP contribution in [0.2, 0.25) is 0 Å². The minimum Gasteiger partial charge on any atom is -0.477 e. The van der Waals surface area contributed by atoms with Gasteiger partial charge in [-0.25, -0.2) is 9.78 Å². The maximum atomic E-state index is 11.4. The number of pyridine rings is 1. The SMILES string of the molecule is CCOCCC(=O)Nc1cccc(C(=O)O)n1. The van der Waals surface area contributed by atoms with Gasteiger partial charge in [0, 0.05) is 6.61 Å². The maximum absolute atomic E-state index is 11.4. The first-order valence-corrected chi connectivity index (χ1v) is 5.21. The van der Waals surface area contributed by atoms with Crippen LogP contribution < -0.4 is 5.32 Å². The van der Waals surface area contributed by atoms with Crippen LogP contribution in [0.4, 0.5) is 5.82 Å². The van der Waals surface area contributed by atoms with E-state index in [0.717, 1.165) is 0 Å². The molecule has 17 heavy (non-hydrogen) atoms. The monoisotopic (exact) mass is 238 g/mol. The molecular weight excluding hydrogens is 224 g/mol. The molecule has 1 rings (SSSR count). The van der Waals surface area contributed by atoms with Crippen molar-refractivity contribution in [3.05, 3.63) is 23.9 Å². The summed E-state index contributed by atoms with van der Waals surface area (Å²) >= 11 is 0. The van der Waals surface area contributed by atoms with Crippen LogP contribution in [-0.4, -0.2) is 35.2 Å². The second kappa shape index (κ2) is 6.59. The number of nitrogens with zero attached hydrogens (tertiary/aromatic N) is 1. The summed E-state index contributed by atoms with van der Waals surface area (Å²) in [5.74, 6) is -1.16. The van der Waals surface area contributed by atoms with Crippen LogP contribution in [0.5, 0.6) is 0 Å². The van der Waals surface area contributed by atoms with E-state index in [9.17, 15) is 9.59 Å². The van der Waals surface area contributed by atoms with Crippen LogP contribution in [0, 0.1) is 0 Å². The van der Waals surface area contributed by atoms with E-state index in [2.05, 4.69) is 10.3 Å². The zero-order chi connectivity index (χ0) is 12.7. The van der Waals surface area contributed by atoms with Gasteiger partial charge in [0.15, 0.2) is 5.69 Å². The molecule has 6 nitrogen and oxygen atoms in total. The Hall–Kier alpha value is -1.95. The fraction of sp³-hybridized carbons (Fsp3) is 0.364. The highest BCUT2D eigenvalue weighted by Gasteiger charge is 2.07. The number of carboxylic acids is 1. The topological polar surface area (TPSA) is 88.5 Å². The molecule has 1 aromatic rings. The second-order valence-corrected chi connectivity index (χ2v) is 3.21. The number of hydrogen-bond donors (Lipinski definition) is 2. The summed E-state index contributed by atoms with van der Waals surface area (Å²) in [7, 11) is 0. The smallest absolute Gasteiger partial charge is 0.354 e. The van der Waals surface area contributed by atoms with Crippen molar-refractivity contribution in [3.63, 3.8) is 0 Å². The molecule has 0 aliphatic rings. The first-order valence-electron chi connectivity index (χ1n) is 5.21. The predicted octanol–water partition coefficient (Wildman–Crippen LogP) is 1.14. The van der Waals surface area contributed by atoms with E-state index in [0.29, 0.717) is 13.2 Å². The van der Waals surface area contributed by atoms with Gasteiger partial charge in [-0.15, -0.1) is 0 Å². The molecule has 92 valence electrons. The first kappa shape index (κ1) is 13.1. The Morgan fingerprint density at radius 1 is 1.47 bits per heavy atom. The number of hydrogen-bond acceptors (Lipinski definition) is 4. The van der Waals surface area contributed by atoms with Crippen molar-refractivity contribution in [2.45, 2.75) is 13.3 Å². The van der Waals surface area contributed by atoms with Gasteiger partial charge in [-0.05, 0) is 19.1 Å². The van der Waals surface area contributed by atoms with Gasteiger partial charge in [0.05, 0.1) is 13.0 Å². The quantitative estimate of drug-likeness (QED) is 0.725. The van der Waals surface area contributed by atoms with Crippen molar-refractivity contribution in [2.75, 3.05) is 18.5 Å². The van der Waals surface area contributed by atoms with Crippen LogP contribution in [-0.2, 0) is 9.53 Å². The molecule has 0 radical (unpaired) electrons. The standard InChI is InChI=1S/C11H14N2O4/c1-2-17-7-6-10(14)13-9-5-3-4-8(12-9)11(15)16/h3-5H,2,6-7H2,1H3,(H,15,16)(H,12,13,14). The summed E-state index contributed by atoms with van der Waals surface area (Å²) in [5, 5.41) is 11.2. The summed E-state index contributed by atoms with van der Waals surface area (Å²) in [6, 6.07) is 4.41. The summed E-state index contributed by atoms with van der Waals surface area (Å²) in [6.45, 7) is 2.73. The molecule has 0 saturated heterocycles. The normalized spacial score (nSPS) is 9.94. The largest absolute Gasteiger partial charge is 0.477 e. The maximum Gasteiger partial charge on any atom is 0.354 e. The lowest BCUT2D eigenvalue weighted by molar-refractivity contribution is -0.117. The Kier molecular flexibility index (Phi) is 5.09. The van der Waals surface area contributed by atoms with Gasteiger partial charge in [0.1, 0.15) is 5.82 Å². The Balaban J connectivity index is 2.53.